The standard InChI is InChI=1S/C16H22N4O14P2/c1-5-18-8-13-17-4-19(14(8)25)15-11(23)9(21)6(32-15)2-30-35(26,27)34-36(28,29)31-3-7-10(22)12(24)16(33-7)20(5)13/h4,6-7,9-12,15-16,21-24H,2-3H2,1H3,(H,26,27)(H,28,29)/t6-,7-,9-,10-,11-,12-,15-,16-/m1/s1. The number of aryl methyl sites for hydroxylation is 1. The molecular weight excluding hydrogens is 534 g/mol. The first-order valence-corrected chi connectivity index (χ1v) is 13.4. The first-order chi connectivity index (χ1) is 16.8. The topological polar surface area (TPSA) is 254 Å². The summed E-state index contributed by atoms with van der Waals surface area (Å²) in [6.45, 7) is -0.307. The van der Waals surface area contributed by atoms with E-state index in [4.69, 9.17) is 9.47 Å². The monoisotopic (exact) mass is 556 g/mol. The van der Waals surface area contributed by atoms with E-state index in [1.807, 2.05) is 0 Å². The smallest absolute Gasteiger partial charge is 0.387 e. The number of phosphoric ester groups is 2. The summed E-state index contributed by atoms with van der Waals surface area (Å²) in [4.78, 5) is 41.1. The maximum absolute atomic E-state index is 13.2. The van der Waals surface area contributed by atoms with Gasteiger partial charge >= 0.3 is 15.6 Å². The average molecular weight is 556 g/mol. The fourth-order valence-corrected chi connectivity index (χ4v) is 6.36. The molecule has 0 saturated carbocycles. The van der Waals surface area contributed by atoms with Gasteiger partial charge in [0.05, 0.1) is 13.2 Å². The minimum absolute atomic E-state index is 0.0574. The quantitative estimate of drug-likeness (QED) is 0.182. The lowest BCUT2D eigenvalue weighted by Crippen LogP contribution is -2.36. The fraction of sp³-hybridized carbons (Fsp3) is 0.688. The van der Waals surface area contributed by atoms with Gasteiger partial charge < -0.3 is 39.7 Å². The lowest BCUT2D eigenvalue weighted by Gasteiger charge is -2.21. The van der Waals surface area contributed by atoms with Crippen LogP contribution in [0.5, 0.6) is 0 Å². The van der Waals surface area contributed by atoms with E-state index in [1.165, 1.54) is 11.5 Å². The molecule has 4 aliphatic heterocycles. The Morgan fingerprint density at radius 1 is 0.917 bits per heavy atom. The van der Waals surface area contributed by atoms with E-state index in [9.17, 15) is 44.1 Å². The van der Waals surface area contributed by atoms with Gasteiger partial charge in [0.2, 0.25) is 0 Å². The van der Waals surface area contributed by atoms with Gasteiger partial charge in [0.15, 0.2) is 23.6 Å². The molecule has 2 aromatic heterocycles. The highest BCUT2D eigenvalue weighted by atomic mass is 31.3. The third-order valence-electron chi connectivity index (χ3n) is 6.02. The largest absolute Gasteiger partial charge is 0.481 e. The van der Waals surface area contributed by atoms with Crippen LogP contribution in [0.15, 0.2) is 11.1 Å². The van der Waals surface area contributed by atoms with Gasteiger partial charge in [-0.1, -0.05) is 0 Å². The Kier molecular flexibility index (Phi) is 6.49. The number of phosphoric acid groups is 2. The number of aliphatic hydroxyl groups excluding tert-OH is 4. The molecule has 0 amide bonds. The van der Waals surface area contributed by atoms with Crippen LogP contribution in [-0.4, -0.2) is 99.2 Å². The average Bonchev–Trinajstić information content (AvgIpc) is 3.37. The predicted octanol–water partition coefficient (Wildman–Crippen LogP) is -2.60. The van der Waals surface area contributed by atoms with Crippen LogP contribution < -0.4 is 5.56 Å². The summed E-state index contributed by atoms with van der Waals surface area (Å²) < 4.78 is 50.9. The van der Waals surface area contributed by atoms with Gasteiger partial charge in [-0.2, -0.15) is 4.31 Å². The second-order valence-electron chi connectivity index (χ2n) is 8.36. The van der Waals surface area contributed by atoms with Gasteiger partial charge in [-0.3, -0.25) is 23.0 Å². The van der Waals surface area contributed by atoms with Crippen molar-refractivity contribution < 1.29 is 62.2 Å². The molecule has 0 radical (unpaired) electrons. The van der Waals surface area contributed by atoms with Crippen molar-refractivity contribution in [2.24, 2.45) is 0 Å². The van der Waals surface area contributed by atoms with E-state index < -0.39 is 83.5 Å². The van der Waals surface area contributed by atoms with Crippen molar-refractivity contribution in [1.82, 2.24) is 19.1 Å². The molecule has 8 bridgehead atoms. The number of imidazole rings is 1. The van der Waals surface area contributed by atoms with Gasteiger partial charge in [-0.05, 0) is 6.92 Å². The normalized spacial score (nSPS) is 43.8. The Morgan fingerprint density at radius 2 is 1.44 bits per heavy atom. The Hall–Kier alpha value is -1.63. The highest BCUT2D eigenvalue weighted by Crippen LogP contribution is 2.60. The molecule has 0 spiro atoms. The van der Waals surface area contributed by atoms with Crippen LogP contribution in [0.25, 0.3) is 11.2 Å². The summed E-state index contributed by atoms with van der Waals surface area (Å²) >= 11 is 0. The maximum atomic E-state index is 13.2. The predicted molar refractivity (Wildman–Crippen MR) is 111 cm³/mol. The molecule has 2 aromatic rings. The van der Waals surface area contributed by atoms with Crippen molar-refractivity contribution in [3.63, 3.8) is 0 Å². The van der Waals surface area contributed by atoms with E-state index in [1.54, 1.807) is 0 Å². The van der Waals surface area contributed by atoms with Crippen molar-refractivity contribution in [3.05, 3.63) is 22.5 Å². The summed E-state index contributed by atoms with van der Waals surface area (Å²) in [5, 5.41) is 41.7. The van der Waals surface area contributed by atoms with Gasteiger partial charge in [0.25, 0.3) is 5.56 Å². The zero-order chi connectivity index (χ0) is 26.2. The SMILES string of the molecule is Cc1nc2c(=O)n3cnc2n1[C@@H]1O[C@H](COP(=O)(O)OP(=O)(O)OC[C@H]2O[C@@H]3[C@H](O)[C@@H]2O)[C@@H](O)[C@H]1O. The molecule has 2 saturated heterocycles. The molecule has 20 heteroatoms. The molecule has 6 heterocycles. The lowest BCUT2D eigenvalue weighted by atomic mass is 10.1. The fourth-order valence-electron chi connectivity index (χ4n) is 4.27. The van der Waals surface area contributed by atoms with Gasteiger partial charge in [0.1, 0.15) is 48.8 Å². The Balaban J connectivity index is 1.61. The molecule has 36 heavy (non-hydrogen) atoms. The molecule has 0 aliphatic carbocycles. The van der Waals surface area contributed by atoms with Crippen LogP contribution >= 0.6 is 15.6 Å². The highest BCUT2D eigenvalue weighted by molar-refractivity contribution is 7.61. The van der Waals surface area contributed by atoms with Crippen molar-refractivity contribution in [2.45, 2.75) is 56.0 Å². The van der Waals surface area contributed by atoms with Gasteiger partial charge in [-0.15, -0.1) is 0 Å². The second kappa shape index (κ2) is 8.99. The van der Waals surface area contributed by atoms with E-state index in [-0.39, 0.29) is 17.0 Å². The van der Waals surface area contributed by atoms with Gasteiger partial charge in [-0.25, -0.2) is 19.1 Å². The molecule has 18 nitrogen and oxygen atoms in total. The molecule has 6 N–H and O–H groups in total. The Bertz CT molecular complexity index is 1330. The summed E-state index contributed by atoms with van der Waals surface area (Å²) in [6, 6.07) is 0. The van der Waals surface area contributed by atoms with Gasteiger partial charge in [0, 0.05) is 0 Å². The van der Waals surface area contributed by atoms with Crippen LogP contribution in [-0.2, 0) is 32.0 Å². The molecule has 6 rings (SSSR count). The van der Waals surface area contributed by atoms with E-state index in [0.717, 1.165) is 10.9 Å². The number of aliphatic hydroxyl groups is 4. The minimum atomic E-state index is -5.29. The van der Waals surface area contributed by atoms with E-state index in [0.29, 0.717) is 0 Å². The van der Waals surface area contributed by atoms with Crippen LogP contribution in [0, 0.1) is 6.92 Å². The van der Waals surface area contributed by atoms with Crippen LogP contribution in [0.1, 0.15) is 18.3 Å². The minimum Gasteiger partial charge on any atom is -0.387 e. The molecule has 0 aromatic carbocycles. The number of hydrogen-bond donors (Lipinski definition) is 6. The zero-order valence-corrected chi connectivity index (χ0v) is 20.0. The van der Waals surface area contributed by atoms with Crippen LogP contribution in [0.3, 0.4) is 0 Å². The van der Waals surface area contributed by atoms with Crippen molar-refractivity contribution >= 4 is 26.8 Å². The third kappa shape index (κ3) is 4.37. The Morgan fingerprint density at radius 3 is 2.03 bits per heavy atom. The molecule has 2 unspecified atom stereocenters. The van der Waals surface area contributed by atoms with Crippen molar-refractivity contribution in [2.75, 3.05) is 13.2 Å². The lowest BCUT2D eigenvalue weighted by molar-refractivity contribution is -0.0563. The molecule has 2 fully saturated rings. The molecule has 10 atom stereocenters. The second-order valence-corrected chi connectivity index (χ2v) is 11.4. The zero-order valence-electron chi connectivity index (χ0n) is 18.2. The highest BCUT2D eigenvalue weighted by Gasteiger charge is 2.49. The van der Waals surface area contributed by atoms with E-state index >= 15 is 0 Å². The first-order valence-electron chi connectivity index (χ1n) is 10.4. The number of nitrogens with zero attached hydrogens (tertiary/aromatic N) is 4. The van der Waals surface area contributed by atoms with Crippen LogP contribution in [0.2, 0.25) is 0 Å². The van der Waals surface area contributed by atoms with Crippen molar-refractivity contribution in [3.8, 4) is 0 Å². The summed E-state index contributed by atoms with van der Waals surface area (Å²) in [5.41, 5.74) is -1.08. The number of ether oxygens (including phenoxy) is 2. The van der Waals surface area contributed by atoms with E-state index in [2.05, 4.69) is 23.3 Å². The number of rotatable bonds is 0. The number of aromatic nitrogens is 4. The molecular formula is C16H22N4O14P2. The third-order valence-corrected chi connectivity index (χ3v) is 8.62. The molecule has 4 aliphatic rings. The van der Waals surface area contributed by atoms with Crippen molar-refractivity contribution in [1.29, 1.82) is 0 Å². The summed E-state index contributed by atoms with van der Waals surface area (Å²) in [6.07, 6.45) is -11.5. The summed E-state index contributed by atoms with van der Waals surface area (Å²) in [7, 11) is -10.6. The maximum Gasteiger partial charge on any atom is 0.481 e. The Labute approximate surface area is 200 Å². The van der Waals surface area contributed by atoms with Crippen LogP contribution in [0.4, 0.5) is 0 Å². The summed E-state index contributed by atoms with van der Waals surface area (Å²) in [5.74, 6) is 0.139. The number of hydrogen-bond acceptors (Lipinski definition) is 14. The first kappa shape index (κ1) is 26.0. The molecule has 200 valence electrons. The number of fused-ring (bicyclic) bond motifs is 7.